The first-order valence-electron chi connectivity index (χ1n) is 9.39. The highest BCUT2D eigenvalue weighted by molar-refractivity contribution is 14.0. The summed E-state index contributed by atoms with van der Waals surface area (Å²) in [5.41, 5.74) is 1.77. The van der Waals surface area contributed by atoms with Gasteiger partial charge in [-0.3, -0.25) is 4.79 Å². The molecule has 1 N–H and O–H groups in total. The summed E-state index contributed by atoms with van der Waals surface area (Å²) in [5, 5.41) is 3.32. The SMILES string of the molecule is CCNC(=NCc1ccc(C(=O)N(C)C)cc1)N(C)CCOCC1CC1.I. The Bertz CT molecular complexity index is 601. The van der Waals surface area contributed by atoms with Crippen LogP contribution in [-0.2, 0) is 11.3 Å². The molecular weight excluding hydrogens is 455 g/mol. The Balaban J connectivity index is 0.00000364. The van der Waals surface area contributed by atoms with Crippen LogP contribution in [0.1, 0.15) is 35.7 Å². The van der Waals surface area contributed by atoms with Gasteiger partial charge in [0.2, 0.25) is 0 Å². The number of amides is 1. The predicted octanol–water partition coefficient (Wildman–Crippen LogP) is 2.83. The second kappa shape index (κ2) is 12.2. The molecule has 6 nitrogen and oxygen atoms in total. The number of carbonyl (C=O) groups excluding carboxylic acids is 1. The number of ether oxygens (including phenoxy) is 1. The average molecular weight is 488 g/mol. The summed E-state index contributed by atoms with van der Waals surface area (Å²) in [6, 6.07) is 7.64. The minimum atomic E-state index is 0. The molecule has 2 rings (SSSR count). The van der Waals surface area contributed by atoms with Crippen molar-refractivity contribution < 1.29 is 9.53 Å². The highest BCUT2D eigenvalue weighted by Crippen LogP contribution is 2.28. The summed E-state index contributed by atoms with van der Waals surface area (Å²) < 4.78 is 5.71. The van der Waals surface area contributed by atoms with Gasteiger partial charge in [-0.1, -0.05) is 12.1 Å². The summed E-state index contributed by atoms with van der Waals surface area (Å²) >= 11 is 0. The van der Waals surface area contributed by atoms with E-state index in [-0.39, 0.29) is 29.9 Å². The van der Waals surface area contributed by atoms with Crippen molar-refractivity contribution in [3.05, 3.63) is 35.4 Å². The van der Waals surface area contributed by atoms with Gasteiger partial charge in [0.15, 0.2) is 5.96 Å². The Kier molecular flexibility index (Phi) is 10.7. The maximum Gasteiger partial charge on any atom is 0.253 e. The number of rotatable bonds is 9. The number of hydrogen-bond donors (Lipinski definition) is 1. The molecule has 1 aromatic rings. The van der Waals surface area contributed by atoms with Gasteiger partial charge in [0, 0.05) is 46.4 Å². The van der Waals surface area contributed by atoms with Gasteiger partial charge in [-0.2, -0.15) is 0 Å². The molecule has 0 saturated heterocycles. The number of nitrogens with zero attached hydrogens (tertiary/aromatic N) is 3. The number of nitrogens with one attached hydrogen (secondary N) is 1. The first-order chi connectivity index (χ1) is 12.5. The lowest BCUT2D eigenvalue weighted by Gasteiger charge is -2.22. The number of benzene rings is 1. The molecule has 0 unspecified atom stereocenters. The van der Waals surface area contributed by atoms with Gasteiger partial charge < -0.3 is 19.9 Å². The summed E-state index contributed by atoms with van der Waals surface area (Å²) in [6.07, 6.45) is 2.64. The molecule has 152 valence electrons. The molecule has 0 radical (unpaired) electrons. The van der Waals surface area contributed by atoms with Crippen molar-refractivity contribution >= 4 is 35.8 Å². The fourth-order valence-electron chi connectivity index (χ4n) is 2.49. The van der Waals surface area contributed by atoms with Crippen molar-refractivity contribution in [3.8, 4) is 0 Å². The first kappa shape index (κ1) is 23.7. The van der Waals surface area contributed by atoms with Gasteiger partial charge in [-0.05, 0) is 43.4 Å². The molecule has 0 heterocycles. The van der Waals surface area contributed by atoms with Crippen molar-refractivity contribution in [1.82, 2.24) is 15.1 Å². The molecule has 0 atom stereocenters. The zero-order valence-electron chi connectivity index (χ0n) is 16.9. The molecule has 0 bridgehead atoms. The average Bonchev–Trinajstić information content (AvgIpc) is 3.46. The lowest BCUT2D eigenvalue weighted by atomic mass is 10.1. The zero-order valence-corrected chi connectivity index (χ0v) is 19.2. The van der Waals surface area contributed by atoms with E-state index in [1.54, 1.807) is 19.0 Å². The van der Waals surface area contributed by atoms with E-state index in [0.29, 0.717) is 12.1 Å². The summed E-state index contributed by atoms with van der Waals surface area (Å²) in [5.74, 6) is 1.68. The zero-order chi connectivity index (χ0) is 18.9. The van der Waals surface area contributed by atoms with Gasteiger partial charge in [0.25, 0.3) is 5.91 Å². The van der Waals surface area contributed by atoms with Gasteiger partial charge >= 0.3 is 0 Å². The molecule has 1 amide bonds. The standard InChI is InChI=1S/C20H32N4O2.HI/c1-5-21-20(24(4)12-13-26-15-17-6-7-17)22-14-16-8-10-18(11-9-16)19(25)23(2)3;/h8-11,17H,5-7,12-15H2,1-4H3,(H,21,22);1H. The summed E-state index contributed by atoms with van der Waals surface area (Å²) in [4.78, 5) is 20.3. The van der Waals surface area contributed by atoms with Gasteiger partial charge in [0.05, 0.1) is 13.2 Å². The molecule has 0 aliphatic heterocycles. The highest BCUT2D eigenvalue weighted by atomic mass is 127. The van der Waals surface area contributed by atoms with Crippen LogP contribution < -0.4 is 5.32 Å². The molecule has 0 aromatic heterocycles. The lowest BCUT2D eigenvalue weighted by molar-refractivity contribution is 0.0827. The van der Waals surface area contributed by atoms with E-state index in [9.17, 15) is 4.79 Å². The van der Waals surface area contributed by atoms with E-state index < -0.39 is 0 Å². The largest absolute Gasteiger partial charge is 0.379 e. The molecule has 1 aromatic carbocycles. The Morgan fingerprint density at radius 3 is 2.44 bits per heavy atom. The third kappa shape index (κ3) is 8.47. The molecular formula is C20H33IN4O2. The third-order valence-electron chi connectivity index (χ3n) is 4.34. The van der Waals surface area contributed by atoms with Crippen molar-refractivity contribution in [2.24, 2.45) is 10.9 Å². The molecule has 1 aliphatic carbocycles. The van der Waals surface area contributed by atoms with Crippen LogP contribution in [0.2, 0.25) is 0 Å². The van der Waals surface area contributed by atoms with E-state index in [2.05, 4.69) is 17.1 Å². The summed E-state index contributed by atoms with van der Waals surface area (Å²) in [7, 11) is 5.54. The maximum absolute atomic E-state index is 11.9. The van der Waals surface area contributed by atoms with Crippen molar-refractivity contribution in [2.45, 2.75) is 26.3 Å². The second-order valence-electron chi connectivity index (χ2n) is 7.01. The van der Waals surface area contributed by atoms with Crippen molar-refractivity contribution in [1.29, 1.82) is 0 Å². The Morgan fingerprint density at radius 1 is 1.22 bits per heavy atom. The quantitative estimate of drug-likeness (QED) is 0.252. The molecule has 0 spiro atoms. The number of halogens is 1. The first-order valence-corrected chi connectivity index (χ1v) is 9.39. The molecule has 1 saturated carbocycles. The normalized spacial score (nSPS) is 13.7. The Morgan fingerprint density at radius 2 is 1.89 bits per heavy atom. The van der Waals surface area contributed by atoms with Gasteiger partial charge in [-0.15, -0.1) is 24.0 Å². The number of carbonyl (C=O) groups is 1. The van der Waals surface area contributed by atoms with E-state index in [1.165, 1.54) is 12.8 Å². The molecule has 1 fully saturated rings. The molecule has 27 heavy (non-hydrogen) atoms. The van der Waals surface area contributed by atoms with Crippen LogP contribution in [0.25, 0.3) is 0 Å². The van der Waals surface area contributed by atoms with Gasteiger partial charge in [-0.25, -0.2) is 4.99 Å². The van der Waals surface area contributed by atoms with Crippen LogP contribution in [-0.4, -0.2) is 69.1 Å². The topological polar surface area (TPSA) is 57.2 Å². The minimum Gasteiger partial charge on any atom is -0.379 e. The van der Waals surface area contributed by atoms with Gasteiger partial charge in [0.1, 0.15) is 0 Å². The molecule has 1 aliphatic rings. The molecule has 7 heteroatoms. The highest BCUT2D eigenvalue weighted by Gasteiger charge is 2.21. The van der Waals surface area contributed by atoms with Crippen LogP contribution in [0.3, 0.4) is 0 Å². The smallest absolute Gasteiger partial charge is 0.253 e. The number of hydrogen-bond acceptors (Lipinski definition) is 3. The minimum absolute atomic E-state index is 0. The monoisotopic (exact) mass is 488 g/mol. The van der Waals surface area contributed by atoms with E-state index in [1.807, 2.05) is 31.3 Å². The van der Waals surface area contributed by atoms with Crippen LogP contribution in [0.5, 0.6) is 0 Å². The Hall–Kier alpha value is -1.35. The van der Waals surface area contributed by atoms with Crippen LogP contribution in [0.4, 0.5) is 0 Å². The fraction of sp³-hybridized carbons (Fsp3) is 0.600. The third-order valence-corrected chi connectivity index (χ3v) is 4.34. The van der Waals surface area contributed by atoms with E-state index in [4.69, 9.17) is 9.73 Å². The number of likely N-dealkylation sites (N-methyl/N-ethyl adjacent to an activating group) is 1. The number of guanidine groups is 1. The van der Waals surface area contributed by atoms with Crippen molar-refractivity contribution in [2.75, 3.05) is 47.4 Å². The van der Waals surface area contributed by atoms with E-state index >= 15 is 0 Å². The van der Waals surface area contributed by atoms with E-state index in [0.717, 1.165) is 43.7 Å². The van der Waals surface area contributed by atoms with Crippen molar-refractivity contribution in [3.63, 3.8) is 0 Å². The summed E-state index contributed by atoms with van der Waals surface area (Å²) in [6.45, 7) is 5.89. The Labute approximate surface area is 180 Å². The number of aliphatic imine (C=N–C) groups is 1. The fourth-order valence-corrected chi connectivity index (χ4v) is 2.49. The predicted molar refractivity (Wildman–Crippen MR) is 121 cm³/mol. The second-order valence-corrected chi connectivity index (χ2v) is 7.01. The van der Waals surface area contributed by atoms with Crippen LogP contribution in [0.15, 0.2) is 29.3 Å². The lowest BCUT2D eigenvalue weighted by Crippen LogP contribution is -2.40. The maximum atomic E-state index is 11.9. The van der Waals surface area contributed by atoms with Crippen LogP contribution >= 0.6 is 24.0 Å². The van der Waals surface area contributed by atoms with Crippen LogP contribution in [0, 0.1) is 5.92 Å².